The third-order valence-corrected chi connectivity index (χ3v) is 6.26. The third-order valence-electron chi connectivity index (χ3n) is 4.39. The average molecular weight is 444 g/mol. The second kappa shape index (κ2) is 9.94. The van der Waals surface area contributed by atoms with Crippen molar-refractivity contribution in [1.82, 2.24) is 9.62 Å². The fourth-order valence-electron chi connectivity index (χ4n) is 2.66. The number of nitrogens with zero attached hydrogens (tertiary/aromatic N) is 1. The highest BCUT2D eigenvalue weighted by Gasteiger charge is 2.30. The van der Waals surface area contributed by atoms with Crippen molar-refractivity contribution in [3.05, 3.63) is 59.7 Å². The lowest BCUT2D eigenvalue weighted by Crippen LogP contribution is -2.29. The number of rotatable bonds is 9. The number of carbonyl (C=O) groups excluding carboxylic acids is 1. The van der Waals surface area contributed by atoms with Gasteiger partial charge in [-0.2, -0.15) is 13.2 Å². The molecule has 6 nitrogen and oxygen atoms in total. The number of amides is 1. The fourth-order valence-corrected chi connectivity index (χ4v) is 3.87. The van der Waals surface area contributed by atoms with Crippen LogP contribution in [0.4, 0.5) is 13.2 Å². The SMILES string of the molecule is COc1ccc(S(=O)(=O)N(C)CCCC(=O)NCc2cccc(C(F)(F)F)c2)cc1. The minimum absolute atomic E-state index is 0.0389. The van der Waals surface area contributed by atoms with Crippen LogP contribution >= 0.6 is 0 Å². The second-order valence-corrected chi connectivity index (χ2v) is 8.63. The van der Waals surface area contributed by atoms with Gasteiger partial charge in [-0.15, -0.1) is 0 Å². The molecule has 0 heterocycles. The van der Waals surface area contributed by atoms with Crippen LogP contribution in [0.2, 0.25) is 0 Å². The molecule has 0 saturated carbocycles. The van der Waals surface area contributed by atoms with Crippen LogP contribution in [-0.4, -0.2) is 39.3 Å². The minimum atomic E-state index is -4.44. The maximum Gasteiger partial charge on any atom is 0.416 e. The van der Waals surface area contributed by atoms with Crippen LogP contribution in [0.3, 0.4) is 0 Å². The van der Waals surface area contributed by atoms with Gasteiger partial charge in [0.1, 0.15) is 5.75 Å². The van der Waals surface area contributed by atoms with Crippen molar-refractivity contribution < 1.29 is 31.1 Å². The monoisotopic (exact) mass is 444 g/mol. The van der Waals surface area contributed by atoms with Gasteiger partial charge in [-0.1, -0.05) is 12.1 Å². The molecule has 2 aromatic rings. The predicted molar refractivity (Wildman–Crippen MR) is 105 cm³/mol. The first kappa shape index (κ1) is 23.7. The predicted octanol–water partition coefficient (Wildman–Crippen LogP) is 3.43. The first-order valence-corrected chi connectivity index (χ1v) is 10.5. The van der Waals surface area contributed by atoms with Gasteiger partial charge in [0.25, 0.3) is 0 Å². The first-order chi connectivity index (χ1) is 14.0. The van der Waals surface area contributed by atoms with Gasteiger partial charge in [0.05, 0.1) is 17.6 Å². The van der Waals surface area contributed by atoms with Gasteiger partial charge in [-0.25, -0.2) is 12.7 Å². The molecule has 0 aliphatic carbocycles. The molecule has 0 aliphatic rings. The van der Waals surface area contributed by atoms with Crippen molar-refractivity contribution in [2.24, 2.45) is 0 Å². The summed E-state index contributed by atoms with van der Waals surface area (Å²) in [5.74, 6) is 0.164. The number of carbonyl (C=O) groups is 1. The van der Waals surface area contributed by atoms with E-state index in [2.05, 4.69) is 5.32 Å². The van der Waals surface area contributed by atoms with E-state index in [9.17, 15) is 26.4 Å². The van der Waals surface area contributed by atoms with Crippen molar-refractivity contribution >= 4 is 15.9 Å². The van der Waals surface area contributed by atoms with Crippen LogP contribution in [0.1, 0.15) is 24.0 Å². The van der Waals surface area contributed by atoms with Crippen LogP contribution in [-0.2, 0) is 27.5 Å². The van der Waals surface area contributed by atoms with E-state index >= 15 is 0 Å². The van der Waals surface area contributed by atoms with Crippen LogP contribution < -0.4 is 10.1 Å². The van der Waals surface area contributed by atoms with Gasteiger partial charge in [-0.05, 0) is 48.4 Å². The molecule has 0 radical (unpaired) electrons. The lowest BCUT2D eigenvalue weighted by Gasteiger charge is -2.17. The van der Waals surface area contributed by atoms with Gasteiger partial charge in [0, 0.05) is 26.6 Å². The number of ether oxygens (including phenoxy) is 1. The molecular formula is C20H23F3N2O4S. The number of hydrogen-bond acceptors (Lipinski definition) is 4. The number of sulfonamides is 1. The highest BCUT2D eigenvalue weighted by Crippen LogP contribution is 2.29. The molecule has 1 N–H and O–H groups in total. The number of nitrogens with one attached hydrogen (secondary N) is 1. The van der Waals surface area contributed by atoms with Crippen LogP contribution in [0.5, 0.6) is 5.75 Å². The summed E-state index contributed by atoms with van der Waals surface area (Å²) in [6.45, 7) is 0.0775. The Morgan fingerprint density at radius 3 is 2.40 bits per heavy atom. The quantitative estimate of drug-likeness (QED) is 0.643. The Bertz CT molecular complexity index is 961. The average Bonchev–Trinajstić information content (AvgIpc) is 2.71. The largest absolute Gasteiger partial charge is 0.497 e. The van der Waals surface area contributed by atoms with Crippen LogP contribution in [0, 0.1) is 0 Å². The van der Waals surface area contributed by atoms with E-state index in [1.54, 1.807) is 12.1 Å². The number of benzene rings is 2. The first-order valence-electron chi connectivity index (χ1n) is 9.07. The van der Waals surface area contributed by atoms with Gasteiger partial charge in [-0.3, -0.25) is 4.79 Å². The number of methoxy groups -OCH3 is 1. The molecule has 0 spiro atoms. The molecule has 2 aromatic carbocycles. The molecule has 10 heteroatoms. The molecule has 0 aliphatic heterocycles. The second-order valence-electron chi connectivity index (χ2n) is 6.58. The Morgan fingerprint density at radius 1 is 1.13 bits per heavy atom. The van der Waals surface area contributed by atoms with Crippen molar-refractivity contribution in [2.45, 2.75) is 30.5 Å². The van der Waals surface area contributed by atoms with E-state index in [0.717, 1.165) is 16.4 Å². The molecule has 0 aromatic heterocycles. The maximum absolute atomic E-state index is 12.7. The molecular weight excluding hydrogens is 421 g/mol. The van der Waals surface area contributed by atoms with E-state index in [1.165, 1.54) is 38.4 Å². The molecule has 0 atom stereocenters. The van der Waals surface area contributed by atoms with E-state index < -0.39 is 21.8 Å². The van der Waals surface area contributed by atoms with Crippen LogP contribution in [0.25, 0.3) is 0 Å². The summed E-state index contributed by atoms with van der Waals surface area (Å²) < 4.78 is 69.4. The summed E-state index contributed by atoms with van der Waals surface area (Å²) in [4.78, 5) is 12.1. The number of hydrogen-bond donors (Lipinski definition) is 1. The smallest absolute Gasteiger partial charge is 0.416 e. The number of halogens is 3. The Morgan fingerprint density at radius 2 is 1.80 bits per heavy atom. The van der Waals surface area contributed by atoms with Gasteiger partial charge < -0.3 is 10.1 Å². The summed E-state index contributed by atoms with van der Waals surface area (Å²) in [6, 6.07) is 10.7. The van der Waals surface area contributed by atoms with Crippen molar-refractivity contribution in [1.29, 1.82) is 0 Å². The molecule has 1 amide bonds. The zero-order chi connectivity index (χ0) is 22.4. The summed E-state index contributed by atoms with van der Waals surface area (Å²) in [5.41, 5.74) is -0.447. The Balaban J connectivity index is 1.82. The zero-order valence-electron chi connectivity index (χ0n) is 16.6. The Labute approximate surface area is 173 Å². The molecule has 0 bridgehead atoms. The van der Waals surface area contributed by atoms with E-state index in [1.807, 2.05) is 0 Å². The zero-order valence-corrected chi connectivity index (χ0v) is 17.4. The highest BCUT2D eigenvalue weighted by atomic mass is 32.2. The van der Waals surface area contributed by atoms with Gasteiger partial charge in [0.2, 0.25) is 15.9 Å². The Kier molecular flexibility index (Phi) is 7.85. The summed E-state index contributed by atoms with van der Waals surface area (Å²) in [6.07, 6.45) is -4.14. The topological polar surface area (TPSA) is 75.7 Å². The standard InChI is InChI=1S/C20H23F3N2O4S/c1-25(30(27,28)18-10-8-17(29-2)9-11-18)12-4-7-19(26)24-14-15-5-3-6-16(13-15)20(21,22)23/h3,5-6,8-11,13H,4,7,12,14H2,1-2H3,(H,24,26). The molecule has 0 fully saturated rings. The molecule has 0 saturated heterocycles. The van der Waals surface area contributed by atoms with Crippen LogP contribution in [0.15, 0.2) is 53.4 Å². The summed E-state index contributed by atoms with van der Waals surface area (Å²) in [5, 5.41) is 2.55. The maximum atomic E-state index is 12.7. The van der Waals surface area contributed by atoms with Crippen molar-refractivity contribution in [3.63, 3.8) is 0 Å². The summed E-state index contributed by atoms with van der Waals surface area (Å²) in [7, 11) is -0.800. The van der Waals surface area contributed by atoms with E-state index in [4.69, 9.17) is 4.74 Å². The van der Waals surface area contributed by atoms with Crippen molar-refractivity contribution in [3.8, 4) is 5.75 Å². The Hall–Kier alpha value is -2.59. The third kappa shape index (κ3) is 6.46. The normalized spacial score (nSPS) is 12.1. The minimum Gasteiger partial charge on any atom is -0.497 e. The highest BCUT2D eigenvalue weighted by molar-refractivity contribution is 7.89. The van der Waals surface area contributed by atoms with Gasteiger partial charge >= 0.3 is 6.18 Å². The molecule has 30 heavy (non-hydrogen) atoms. The molecule has 164 valence electrons. The summed E-state index contributed by atoms with van der Waals surface area (Å²) >= 11 is 0. The van der Waals surface area contributed by atoms with Crippen molar-refractivity contribution in [2.75, 3.05) is 20.7 Å². The molecule has 2 rings (SSSR count). The molecule has 0 unspecified atom stereocenters. The van der Waals surface area contributed by atoms with E-state index in [-0.39, 0.29) is 36.7 Å². The lowest BCUT2D eigenvalue weighted by molar-refractivity contribution is -0.137. The number of alkyl halides is 3. The van der Waals surface area contributed by atoms with Gasteiger partial charge in [0.15, 0.2) is 0 Å². The van der Waals surface area contributed by atoms with E-state index in [0.29, 0.717) is 11.3 Å². The fraction of sp³-hybridized carbons (Fsp3) is 0.350. The lowest BCUT2D eigenvalue weighted by atomic mass is 10.1.